The van der Waals surface area contributed by atoms with Crippen molar-refractivity contribution in [2.75, 3.05) is 7.11 Å². The average molecular weight is 321 g/mol. The monoisotopic (exact) mass is 321 g/mol. The van der Waals surface area contributed by atoms with Crippen LogP contribution in [0.2, 0.25) is 0 Å². The molecule has 0 saturated carbocycles. The highest BCUT2D eigenvalue weighted by Gasteiger charge is 2.16. The van der Waals surface area contributed by atoms with E-state index in [1.54, 1.807) is 17.4 Å². The molecule has 0 saturated heterocycles. The minimum atomic E-state index is -0.482. The second-order valence-electron chi connectivity index (χ2n) is 4.00. The van der Waals surface area contributed by atoms with Gasteiger partial charge in [-0.1, -0.05) is 17.8 Å². The van der Waals surface area contributed by atoms with Crippen LogP contribution in [-0.4, -0.2) is 28.3 Å². The summed E-state index contributed by atoms with van der Waals surface area (Å²) in [5.74, 6) is 1.01. The van der Waals surface area contributed by atoms with Crippen LogP contribution >= 0.6 is 23.1 Å². The molecular formula is C13H11N3O3S2. The molecule has 0 aliphatic carbocycles. The highest BCUT2D eigenvalue weighted by molar-refractivity contribution is 7.98. The highest BCUT2D eigenvalue weighted by Crippen LogP contribution is 2.26. The number of thioether (sulfide) groups is 1. The fraction of sp³-hybridized carbons (Fsp3) is 0.154. The molecule has 0 aliphatic heterocycles. The van der Waals surface area contributed by atoms with E-state index < -0.39 is 5.97 Å². The predicted octanol–water partition coefficient (Wildman–Crippen LogP) is 3.21. The molecule has 8 heteroatoms. The van der Waals surface area contributed by atoms with Gasteiger partial charge in [0.15, 0.2) is 5.82 Å². The van der Waals surface area contributed by atoms with E-state index in [-0.39, 0.29) is 5.76 Å². The molecule has 3 heterocycles. The Bertz CT molecular complexity index is 734. The van der Waals surface area contributed by atoms with Crippen molar-refractivity contribution in [3.05, 3.63) is 41.2 Å². The molecule has 3 rings (SSSR count). The van der Waals surface area contributed by atoms with Crippen LogP contribution in [-0.2, 0) is 10.5 Å². The van der Waals surface area contributed by atoms with Crippen LogP contribution in [0.5, 0.6) is 0 Å². The Morgan fingerprint density at radius 1 is 1.52 bits per heavy atom. The molecule has 6 nitrogen and oxygen atoms in total. The average Bonchev–Trinajstić information content (AvgIpc) is 3.23. The number of esters is 1. The van der Waals surface area contributed by atoms with Crippen molar-refractivity contribution in [2.45, 2.75) is 10.9 Å². The van der Waals surface area contributed by atoms with Gasteiger partial charge in [-0.2, -0.15) is 0 Å². The van der Waals surface area contributed by atoms with E-state index in [1.165, 1.54) is 25.1 Å². The Morgan fingerprint density at radius 2 is 2.43 bits per heavy atom. The largest absolute Gasteiger partial charge is 0.463 e. The minimum Gasteiger partial charge on any atom is -0.463 e. The Kier molecular flexibility index (Phi) is 4.07. The van der Waals surface area contributed by atoms with Crippen molar-refractivity contribution in [3.63, 3.8) is 0 Å². The van der Waals surface area contributed by atoms with E-state index >= 15 is 0 Å². The number of rotatable bonds is 5. The van der Waals surface area contributed by atoms with E-state index in [1.807, 2.05) is 17.5 Å². The molecule has 3 aromatic heterocycles. The maximum absolute atomic E-state index is 11.5. The molecule has 0 unspecified atom stereocenters. The van der Waals surface area contributed by atoms with Gasteiger partial charge in [0, 0.05) is 11.3 Å². The number of ether oxygens (including phenoxy) is 1. The number of hydrogen-bond acceptors (Lipinski definition) is 7. The molecule has 0 bridgehead atoms. The van der Waals surface area contributed by atoms with Crippen molar-refractivity contribution in [1.29, 1.82) is 0 Å². The lowest BCUT2D eigenvalue weighted by molar-refractivity contribution is 0.0564. The fourth-order valence-electron chi connectivity index (χ4n) is 1.70. The molecule has 1 N–H and O–H groups in total. The van der Waals surface area contributed by atoms with Crippen LogP contribution < -0.4 is 0 Å². The summed E-state index contributed by atoms with van der Waals surface area (Å²) >= 11 is 3.02. The third-order valence-corrected chi connectivity index (χ3v) is 4.47. The molecule has 0 aromatic carbocycles. The van der Waals surface area contributed by atoms with Gasteiger partial charge in [0.05, 0.1) is 18.3 Å². The fourth-order valence-corrected chi connectivity index (χ4v) is 3.14. The molecule has 0 fully saturated rings. The zero-order chi connectivity index (χ0) is 14.7. The van der Waals surface area contributed by atoms with E-state index in [2.05, 4.69) is 19.9 Å². The number of H-pyrrole nitrogens is 1. The molecular weight excluding hydrogens is 310 g/mol. The summed E-state index contributed by atoms with van der Waals surface area (Å²) in [6.07, 6.45) is 1.47. The first-order chi connectivity index (χ1) is 10.3. The second kappa shape index (κ2) is 6.15. The molecule has 0 amide bonds. The third kappa shape index (κ3) is 3.01. The summed E-state index contributed by atoms with van der Waals surface area (Å²) in [6.45, 7) is 0. The Balaban J connectivity index is 1.69. The van der Waals surface area contributed by atoms with E-state index in [0.717, 1.165) is 16.3 Å². The Labute approximate surface area is 128 Å². The maximum Gasteiger partial charge on any atom is 0.374 e. The van der Waals surface area contributed by atoms with Gasteiger partial charge in [-0.05, 0) is 17.5 Å². The van der Waals surface area contributed by atoms with Gasteiger partial charge in [-0.15, -0.1) is 16.4 Å². The van der Waals surface area contributed by atoms with Crippen LogP contribution in [0.15, 0.2) is 39.4 Å². The normalized spacial score (nSPS) is 10.7. The zero-order valence-electron chi connectivity index (χ0n) is 11.0. The first-order valence-corrected chi connectivity index (χ1v) is 7.88. The SMILES string of the molecule is COC(=O)c1occc1CSc1n[nH]c(-c2cccs2)n1. The van der Waals surface area contributed by atoms with Gasteiger partial charge in [-0.3, -0.25) is 5.10 Å². The molecule has 0 spiro atoms. The van der Waals surface area contributed by atoms with Crippen molar-refractivity contribution < 1.29 is 13.9 Å². The maximum atomic E-state index is 11.5. The second-order valence-corrected chi connectivity index (χ2v) is 5.89. The van der Waals surface area contributed by atoms with Gasteiger partial charge >= 0.3 is 5.97 Å². The zero-order valence-corrected chi connectivity index (χ0v) is 12.7. The minimum absolute atomic E-state index is 0.221. The van der Waals surface area contributed by atoms with Crippen LogP contribution in [0.1, 0.15) is 16.1 Å². The first kappa shape index (κ1) is 13.9. The topological polar surface area (TPSA) is 81.0 Å². The number of nitrogens with one attached hydrogen (secondary N) is 1. The molecule has 0 aliphatic rings. The number of aromatic amines is 1. The summed E-state index contributed by atoms with van der Waals surface area (Å²) in [5, 5.41) is 9.66. The summed E-state index contributed by atoms with van der Waals surface area (Å²) in [7, 11) is 1.32. The summed E-state index contributed by atoms with van der Waals surface area (Å²) in [5.41, 5.74) is 0.759. The summed E-state index contributed by atoms with van der Waals surface area (Å²) in [6, 6.07) is 5.68. The van der Waals surface area contributed by atoms with Crippen molar-refractivity contribution >= 4 is 29.1 Å². The lowest BCUT2D eigenvalue weighted by Gasteiger charge is -1.98. The summed E-state index contributed by atoms with van der Waals surface area (Å²) in [4.78, 5) is 16.9. The number of thiophene rings is 1. The van der Waals surface area contributed by atoms with Gasteiger partial charge in [0.1, 0.15) is 0 Å². The number of aromatic nitrogens is 3. The van der Waals surface area contributed by atoms with E-state index in [4.69, 9.17) is 4.42 Å². The Morgan fingerprint density at radius 3 is 3.19 bits per heavy atom. The van der Waals surface area contributed by atoms with E-state index in [9.17, 15) is 4.79 Å². The van der Waals surface area contributed by atoms with Crippen LogP contribution in [0.4, 0.5) is 0 Å². The Hall–Kier alpha value is -2.06. The summed E-state index contributed by atoms with van der Waals surface area (Å²) < 4.78 is 9.80. The van der Waals surface area contributed by atoms with Crippen LogP contribution in [0.25, 0.3) is 10.7 Å². The molecule has 21 heavy (non-hydrogen) atoms. The highest BCUT2D eigenvalue weighted by atomic mass is 32.2. The van der Waals surface area contributed by atoms with Crippen molar-refractivity contribution in [3.8, 4) is 10.7 Å². The lowest BCUT2D eigenvalue weighted by Crippen LogP contribution is -2.02. The van der Waals surface area contributed by atoms with Crippen LogP contribution in [0, 0.1) is 0 Å². The lowest BCUT2D eigenvalue weighted by atomic mass is 10.3. The van der Waals surface area contributed by atoms with E-state index in [0.29, 0.717) is 10.9 Å². The molecule has 0 atom stereocenters. The van der Waals surface area contributed by atoms with Crippen molar-refractivity contribution in [2.24, 2.45) is 0 Å². The van der Waals surface area contributed by atoms with Gasteiger partial charge < -0.3 is 9.15 Å². The van der Waals surface area contributed by atoms with Crippen LogP contribution in [0.3, 0.4) is 0 Å². The quantitative estimate of drug-likeness (QED) is 0.574. The number of furan rings is 1. The predicted molar refractivity (Wildman–Crippen MR) is 79.3 cm³/mol. The van der Waals surface area contributed by atoms with Gasteiger partial charge in [-0.25, -0.2) is 9.78 Å². The molecule has 108 valence electrons. The van der Waals surface area contributed by atoms with Gasteiger partial charge in [0.2, 0.25) is 10.9 Å². The smallest absolute Gasteiger partial charge is 0.374 e. The molecule has 3 aromatic rings. The number of carbonyl (C=O) groups excluding carboxylic acids is 1. The standard InChI is InChI=1S/C13H11N3O3S2/c1-18-12(17)10-8(4-5-19-10)7-21-13-14-11(15-16-13)9-3-2-6-20-9/h2-6H,7H2,1H3,(H,14,15,16). The third-order valence-electron chi connectivity index (χ3n) is 2.69. The van der Waals surface area contributed by atoms with Crippen molar-refractivity contribution in [1.82, 2.24) is 15.2 Å². The number of carbonyl (C=O) groups is 1. The number of methoxy groups -OCH3 is 1. The molecule has 0 radical (unpaired) electrons. The van der Waals surface area contributed by atoms with Gasteiger partial charge in [0.25, 0.3) is 0 Å². The number of hydrogen-bond donors (Lipinski definition) is 1. The number of nitrogens with zero attached hydrogens (tertiary/aromatic N) is 2. The first-order valence-electron chi connectivity index (χ1n) is 6.01.